The molecule has 4 aromatic rings. The lowest BCUT2D eigenvalue weighted by Gasteiger charge is -2.52. The maximum atomic E-state index is 13.7. The minimum Gasteiger partial charge on any atom is -0.506 e. The number of pyridine rings is 1. The average molecular weight is 735 g/mol. The van der Waals surface area contributed by atoms with E-state index in [-0.39, 0.29) is 34.7 Å². The van der Waals surface area contributed by atoms with Crippen molar-refractivity contribution < 1.29 is 24.5 Å². The normalized spacial score (nSPS) is 22.4. The molecular weight excluding hydrogens is 684 g/mol. The summed E-state index contributed by atoms with van der Waals surface area (Å²) in [4.78, 5) is 30.7. The Morgan fingerprint density at radius 1 is 1.09 bits per heavy atom. The third-order valence-electron chi connectivity index (χ3n) is 12.3. The number of nitrogens with zero attached hydrogens (tertiary/aromatic N) is 4. The number of esters is 1. The van der Waals surface area contributed by atoms with Crippen LogP contribution in [0.2, 0.25) is 0 Å². The van der Waals surface area contributed by atoms with Crippen LogP contribution in [-0.4, -0.2) is 78.9 Å². The van der Waals surface area contributed by atoms with Gasteiger partial charge in [0.2, 0.25) is 11.2 Å². The Labute approximate surface area is 314 Å². The molecule has 1 unspecified atom stereocenters. The second kappa shape index (κ2) is 15.2. The smallest absolute Gasteiger partial charge is 0.355 e. The number of piperidine rings is 1. The first-order chi connectivity index (χ1) is 26.2. The number of rotatable bonds is 12. The molecule has 2 saturated carbocycles. The summed E-state index contributed by atoms with van der Waals surface area (Å²) < 4.78 is 14.3. The quantitative estimate of drug-likeness (QED) is 0.136. The van der Waals surface area contributed by atoms with Gasteiger partial charge in [0.15, 0.2) is 0 Å². The summed E-state index contributed by atoms with van der Waals surface area (Å²) in [6, 6.07) is 12.3. The summed E-state index contributed by atoms with van der Waals surface area (Å²) in [7, 11) is 0. The number of carbonyl (C=O) groups is 1. The van der Waals surface area contributed by atoms with Gasteiger partial charge in [-0.25, -0.2) is 9.48 Å². The number of nitrogens with one attached hydrogen (secondary N) is 2. The predicted octanol–water partition coefficient (Wildman–Crippen LogP) is 5.56. The number of aliphatic hydroxyl groups is 1. The van der Waals surface area contributed by atoms with Crippen molar-refractivity contribution in [1.82, 2.24) is 30.2 Å². The minimum absolute atomic E-state index is 0.0332. The molecule has 1 saturated heterocycles. The third-order valence-corrected chi connectivity index (χ3v) is 12.3. The van der Waals surface area contributed by atoms with Crippen LogP contribution in [0.25, 0.3) is 21.9 Å². The molecule has 12 heteroatoms. The molecule has 54 heavy (non-hydrogen) atoms. The van der Waals surface area contributed by atoms with Gasteiger partial charge < -0.3 is 34.9 Å². The molecule has 4 N–H and O–H groups in total. The summed E-state index contributed by atoms with van der Waals surface area (Å²) >= 11 is 0. The Hall–Kier alpha value is -4.78. The molecule has 12 nitrogen and oxygen atoms in total. The molecule has 2 aliphatic heterocycles. The number of hydrogen-bond acceptors (Lipinski definition) is 10. The van der Waals surface area contributed by atoms with Crippen LogP contribution in [-0.2, 0) is 27.4 Å². The number of aromatic amines is 1. The van der Waals surface area contributed by atoms with Gasteiger partial charge >= 0.3 is 5.97 Å². The molecule has 8 rings (SSSR count). The van der Waals surface area contributed by atoms with Gasteiger partial charge in [0.05, 0.1) is 23.4 Å². The standard InChI is InChI=1S/C42H50N6O6/c1-28-7-4-5-22-53-42(28,30-8-2-3-9-30)40(52)54-31-24-41(25-31)16-20-47(21-17-41)18-6-19-48-35-13-10-29(23-34(35)45-46-48)26-43-27-37(50)32-11-14-36(49)39-33(32)12-15-38(51)44-39/h4-5,7,10-15,22-23,30-31,37,43,49-50H,1-3,6,8-9,16-21,24-27H2,(H,44,51)/t37-,42?/m0/s1. The lowest BCUT2D eigenvalue weighted by Crippen LogP contribution is -2.54. The molecule has 4 heterocycles. The highest BCUT2D eigenvalue weighted by Crippen LogP contribution is 2.51. The zero-order valence-electron chi connectivity index (χ0n) is 30.7. The molecule has 0 radical (unpaired) electrons. The van der Waals surface area contributed by atoms with E-state index in [1.807, 2.05) is 29.0 Å². The van der Waals surface area contributed by atoms with E-state index in [1.165, 1.54) is 12.1 Å². The number of aryl methyl sites for hydroxylation is 1. The third kappa shape index (κ3) is 7.10. The number of allylic oxidation sites excluding steroid dienone is 2. The number of phenolic OH excluding ortho intramolecular Hbond substituents is 1. The van der Waals surface area contributed by atoms with E-state index < -0.39 is 11.7 Å². The fourth-order valence-corrected chi connectivity index (χ4v) is 9.24. The molecule has 2 aliphatic carbocycles. The van der Waals surface area contributed by atoms with Crippen LogP contribution >= 0.6 is 0 Å². The second-order valence-corrected chi connectivity index (χ2v) is 15.7. The van der Waals surface area contributed by atoms with Crippen molar-refractivity contribution in [2.75, 3.05) is 26.2 Å². The molecule has 0 bridgehead atoms. The number of aliphatic hydroxyl groups excluding tert-OH is 1. The maximum Gasteiger partial charge on any atom is 0.355 e. The van der Waals surface area contributed by atoms with Crippen molar-refractivity contribution in [3.63, 3.8) is 0 Å². The highest BCUT2D eigenvalue weighted by atomic mass is 16.6. The van der Waals surface area contributed by atoms with Crippen LogP contribution in [0.1, 0.15) is 75.0 Å². The van der Waals surface area contributed by atoms with Crippen LogP contribution in [0.15, 0.2) is 83.9 Å². The molecule has 3 fully saturated rings. The van der Waals surface area contributed by atoms with Crippen LogP contribution in [0, 0.1) is 11.3 Å². The molecule has 4 aliphatic rings. The largest absolute Gasteiger partial charge is 0.506 e. The number of benzene rings is 2. The Morgan fingerprint density at radius 2 is 1.91 bits per heavy atom. The summed E-state index contributed by atoms with van der Waals surface area (Å²) in [5, 5.41) is 33.8. The summed E-state index contributed by atoms with van der Waals surface area (Å²) in [5.74, 6) is -0.200. The number of ether oxygens (including phenoxy) is 2. The lowest BCUT2D eigenvalue weighted by molar-refractivity contribution is -0.186. The van der Waals surface area contributed by atoms with Gasteiger partial charge in [-0.15, -0.1) is 5.10 Å². The second-order valence-electron chi connectivity index (χ2n) is 15.7. The Balaban J connectivity index is 0.774. The summed E-state index contributed by atoms with van der Waals surface area (Å²) in [5.41, 5.74) is 3.34. The topological polar surface area (TPSA) is 155 Å². The number of hydrogen-bond donors (Lipinski definition) is 4. The van der Waals surface area contributed by atoms with E-state index >= 15 is 0 Å². The van der Waals surface area contributed by atoms with Crippen molar-refractivity contribution in [1.29, 1.82) is 0 Å². The molecule has 0 amide bonds. The number of fused-ring (bicyclic) bond motifs is 2. The number of carbonyl (C=O) groups excluding carboxylic acids is 1. The van der Waals surface area contributed by atoms with E-state index in [0.29, 0.717) is 35.1 Å². The molecule has 2 aromatic heterocycles. The van der Waals surface area contributed by atoms with Crippen molar-refractivity contribution in [2.24, 2.45) is 11.3 Å². The molecule has 1 spiro atoms. The zero-order chi connectivity index (χ0) is 37.3. The lowest BCUT2D eigenvalue weighted by atomic mass is 9.61. The molecule has 2 aromatic carbocycles. The number of aromatic hydroxyl groups is 1. The van der Waals surface area contributed by atoms with E-state index in [2.05, 4.69) is 44.2 Å². The van der Waals surface area contributed by atoms with Crippen LogP contribution < -0.4 is 10.9 Å². The van der Waals surface area contributed by atoms with Gasteiger partial charge in [-0.2, -0.15) is 0 Å². The van der Waals surface area contributed by atoms with Gasteiger partial charge in [-0.3, -0.25) is 4.79 Å². The first kappa shape index (κ1) is 36.2. The predicted molar refractivity (Wildman–Crippen MR) is 205 cm³/mol. The SMILES string of the molecule is C=C1C=CC=COC1(C(=O)OC1CC2(CCN(CCCn3nnc4cc(CNC[C@H](O)c5ccc(O)c6[nH]c(=O)ccc56)ccc43)CC2)C1)C1CCCC1. The van der Waals surface area contributed by atoms with Gasteiger partial charge in [-0.1, -0.05) is 48.9 Å². The molecule has 284 valence electrons. The first-order valence-electron chi connectivity index (χ1n) is 19.4. The molecule has 2 atom stereocenters. The van der Waals surface area contributed by atoms with E-state index in [4.69, 9.17) is 9.47 Å². The number of likely N-dealkylation sites (tertiary alicyclic amines) is 1. The van der Waals surface area contributed by atoms with E-state index in [0.717, 1.165) is 101 Å². The van der Waals surface area contributed by atoms with Gasteiger partial charge in [-0.05, 0) is 117 Å². The van der Waals surface area contributed by atoms with Crippen molar-refractivity contribution in [3.05, 3.63) is 101 Å². The monoisotopic (exact) mass is 734 g/mol. The van der Waals surface area contributed by atoms with E-state index in [1.54, 1.807) is 18.4 Å². The summed E-state index contributed by atoms with van der Waals surface area (Å²) in [6.07, 6.45) is 15.5. The number of phenols is 1. The van der Waals surface area contributed by atoms with Crippen molar-refractivity contribution in [2.45, 2.75) is 88.7 Å². The first-order valence-corrected chi connectivity index (χ1v) is 19.4. The fourth-order valence-electron chi connectivity index (χ4n) is 9.24. The van der Waals surface area contributed by atoms with Gasteiger partial charge in [0.1, 0.15) is 17.4 Å². The van der Waals surface area contributed by atoms with Gasteiger partial charge in [0, 0.05) is 37.0 Å². The van der Waals surface area contributed by atoms with Crippen LogP contribution in [0.5, 0.6) is 5.75 Å². The van der Waals surface area contributed by atoms with Crippen LogP contribution in [0.3, 0.4) is 0 Å². The van der Waals surface area contributed by atoms with E-state index in [9.17, 15) is 19.8 Å². The highest BCUT2D eigenvalue weighted by Gasteiger charge is 2.55. The Morgan fingerprint density at radius 3 is 2.72 bits per heavy atom. The van der Waals surface area contributed by atoms with Crippen molar-refractivity contribution >= 4 is 27.9 Å². The maximum absolute atomic E-state index is 13.7. The fraction of sp³-hybridized carbons (Fsp3) is 0.476. The average Bonchev–Trinajstić information content (AvgIpc) is 3.80. The zero-order valence-corrected chi connectivity index (χ0v) is 30.7. The number of H-pyrrole nitrogens is 1. The summed E-state index contributed by atoms with van der Waals surface area (Å²) in [6.45, 7) is 8.94. The Bertz CT molecular complexity index is 2130. The minimum atomic E-state index is -1.11. The number of aromatic nitrogens is 4. The highest BCUT2D eigenvalue weighted by molar-refractivity contribution is 5.87. The van der Waals surface area contributed by atoms with Crippen molar-refractivity contribution in [3.8, 4) is 5.75 Å². The molecular formula is C42H50N6O6. The van der Waals surface area contributed by atoms with Gasteiger partial charge in [0.25, 0.3) is 0 Å². The van der Waals surface area contributed by atoms with Crippen LogP contribution in [0.4, 0.5) is 0 Å². The Kier molecular flexibility index (Phi) is 10.2.